The summed E-state index contributed by atoms with van der Waals surface area (Å²) in [5, 5.41) is 4.48. The van der Waals surface area contributed by atoms with Crippen LogP contribution in [0.25, 0.3) is 0 Å². The van der Waals surface area contributed by atoms with Crippen LogP contribution in [0.4, 0.5) is 0 Å². The molecule has 0 saturated carbocycles. The first-order chi connectivity index (χ1) is 12.1. The van der Waals surface area contributed by atoms with Gasteiger partial charge in [-0.1, -0.05) is 51.1 Å². The van der Waals surface area contributed by atoms with Crippen LogP contribution in [0.2, 0.25) is 0 Å². The molecule has 0 aliphatic rings. The summed E-state index contributed by atoms with van der Waals surface area (Å²) in [6, 6.07) is 10.2. The average Bonchev–Trinajstić information content (AvgIpc) is 3.01. The fourth-order valence-corrected chi connectivity index (χ4v) is 2.94. The van der Waals surface area contributed by atoms with Gasteiger partial charge in [-0.3, -0.25) is 9.48 Å². The monoisotopic (exact) mass is 343 g/mol. The zero-order valence-corrected chi connectivity index (χ0v) is 15.7. The highest BCUT2D eigenvalue weighted by molar-refractivity contribution is 5.95. The molecule has 0 radical (unpaired) electrons. The highest BCUT2D eigenvalue weighted by Gasteiger charge is 2.22. The van der Waals surface area contributed by atoms with Crippen LogP contribution < -0.4 is 0 Å². The molecule has 0 atom stereocenters. The molecular weight excluding hydrogens is 314 g/mol. The van der Waals surface area contributed by atoms with Gasteiger partial charge in [-0.15, -0.1) is 0 Å². The number of aromatic nitrogens is 2. The fraction of sp³-hybridized carbons (Fsp3) is 0.500. The van der Waals surface area contributed by atoms with Gasteiger partial charge in [-0.25, -0.2) is 0 Å². The third kappa shape index (κ3) is 5.16. The molecule has 0 spiro atoms. The largest absolute Gasteiger partial charge is 0.383 e. The molecule has 1 heterocycles. The molecule has 25 heavy (non-hydrogen) atoms. The van der Waals surface area contributed by atoms with E-state index in [2.05, 4.69) is 38.0 Å². The van der Waals surface area contributed by atoms with Gasteiger partial charge in [-0.2, -0.15) is 5.10 Å². The number of hydrogen-bond acceptors (Lipinski definition) is 3. The summed E-state index contributed by atoms with van der Waals surface area (Å²) in [6.45, 7) is 8.84. The number of nitrogens with zero attached hydrogens (tertiary/aromatic N) is 3. The van der Waals surface area contributed by atoms with Gasteiger partial charge in [0, 0.05) is 20.2 Å². The highest BCUT2D eigenvalue weighted by Crippen LogP contribution is 2.15. The maximum Gasteiger partial charge on any atom is 0.257 e. The third-order valence-electron chi connectivity index (χ3n) is 4.13. The molecule has 0 aliphatic carbocycles. The Kier molecular flexibility index (Phi) is 7.19. The Balaban J connectivity index is 2.23. The second-order valence-electron chi connectivity index (χ2n) is 6.64. The fourth-order valence-electron chi connectivity index (χ4n) is 2.94. The normalized spacial score (nSPS) is 11.1. The van der Waals surface area contributed by atoms with E-state index in [1.165, 1.54) is 5.56 Å². The van der Waals surface area contributed by atoms with E-state index in [-0.39, 0.29) is 5.91 Å². The van der Waals surface area contributed by atoms with E-state index in [1.807, 2.05) is 27.8 Å². The molecule has 1 amide bonds. The minimum Gasteiger partial charge on any atom is -0.383 e. The molecule has 1 aromatic carbocycles. The number of ether oxygens (including phenoxy) is 1. The van der Waals surface area contributed by atoms with Gasteiger partial charge in [-0.05, 0) is 17.9 Å². The topological polar surface area (TPSA) is 47.4 Å². The van der Waals surface area contributed by atoms with Crippen molar-refractivity contribution in [3.63, 3.8) is 0 Å². The molecule has 0 N–H and O–H groups in total. The molecule has 2 aromatic rings. The van der Waals surface area contributed by atoms with Crippen molar-refractivity contribution < 1.29 is 9.53 Å². The number of benzene rings is 1. The number of carbonyl (C=O) groups excluding carboxylic acids is 1. The number of methoxy groups -OCH3 is 1. The van der Waals surface area contributed by atoms with Crippen LogP contribution >= 0.6 is 0 Å². The van der Waals surface area contributed by atoms with Crippen molar-refractivity contribution in [1.29, 1.82) is 0 Å². The van der Waals surface area contributed by atoms with Gasteiger partial charge in [0.2, 0.25) is 0 Å². The molecule has 0 saturated heterocycles. The Labute approximate surface area is 150 Å². The lowest BCUT2D eigenvalue weighted by Crippen LogP contribution is -2.37. The van der Waals surface area contributed by atoms with E-state index in [9.17, 15) is 4.79 Å². The van der Waals surface area contributed by atoms with Crippen molar-refractivity contribution in [2.75, 3.05) is 26.8 Å². The lowest BCUT2D eigenvalue weighted by atomic mass is 10.1. The van der Waals surface area contributed by atoms with Crippen molar-refractivity contribution in [2.45, 2.75) is 33.7 Å². The number of rotatable bonds is 9. The minimum absolute atomic E-state index is 0.0434. The third-order valence-corrected chi connectivity index (χ3v) is 4.13. The molecule has 0 bridgehead atoms. The van der Waals surface area contributed by atoms with Gasteiger partial charge >= 0.3 is 0 Å². The van der Waals surface area contributed by atoms with Crippen molar-refractivity contribution in [2.24, 2.45) is 5.92 Å². The number of hydrogen-bond donors (Lipinski definition) is 0. The Morgan fingerprint density at radius 2 is 2.00 bits per heavy atom. The molecule has 136 valence electrons. The SMILES string of the molecule is CCc1c(C(=O)N(CCOC)CC(C)C)cnn1Cc1ccccc1. The Hall–Kier alpha value is -2.14. The van der Waals surface area contributed by atoms with Crippen LogP contribution in [0.5, 0.6) is 0 Å². The first kappa shape index (κ1) is 19.2. The molecule has 0 fully saturated rings. The van der Waals surface area contributed by atoms with E-state index < -0.39 is 0 Å². The van der Waals surface area contributed by atoms with Gasteiger partial charge < -0.3 is 9.64 Å². The van der Waals surface area contributed by atoms with Crippen LogP contribution in [-0.2, 0) is 17.7 Å². The molecule has 0 unspecified atom stereocenters. The summed E-state index contributed by atoms with van der Waals surface area (Å²) in [5.74, 6) is 0.451. The predicted octanol–water partition coefficient (Wildman–Crippen LogP) is 3.24. The summed E-state index contributed by atoms with van der Waals surface area (Å²) >= 11 is 0. The van der Waals surface area contributed by atoms with Crippen molar-refractivity contribution >= 4 is 5.91 Å². The molecule has 0 aliphatic heterocycles. The second-order valence-corrected chi connectivity index (χ2v) is 6.64. The van der Waals surface area contributed by atoms with Crippen LogP contribution in [-0.4, -0.2) is 47.4 Å². The van der Waals surface area contributed by atoms with Crippen LogP contribution in [0.1, 0.15) is 42.4 Å². The van der Waals surface area contributed by atoms with Gasteiger partial charge in [0.05, 0.1) is 30.6 Å². The van der Waals surface area contributed by atoms with Crippen LogP contribution in [0.3, 0.4) is 0 Å². The maximum atomic E-state index is 13.0. The molecule has 2 rings (SSSR count). The zero-order chi connectivity index (χ0) is 18.2. The average molecular weight is 343 g/mol. The second kappa shape index (κ2) is 9.37. The first-order valence-corrected chi connectivity index (χ1v) is 8.93. The molecule has 5 nitrogen and oxygen atoms in total. The summed E-state index contributed by atoms with van der Waals surface area (Å²) in [4.78, 5) is 14.9. The Morgan fingerprint density at radius 1 is 1.28 bits per heavy atom. The van der Waals surface area contributed by atoms with Gasteiger partial charge in [0.15, 0.2) is 0 Å². The smallest absolute Gasteiger partial charge is 0.257 e. The summed E-state index contributed by atoms with van der Waals surface area (Å²) in [6.07, 6.45) is 2.48. The summed E-state index contributed by atoms with van der Waals surface area (Å²) < 4.78 is 7.10. The van der Waals surface area contributed by atoms with E-state index in [0.717, 1.165) is 18.7 Å². The quantitative estimate of drug-likeness (QED) is 0.702. The highest BCUT2D eigenvalue weighted by atomic mass is 16.5. The summed E-state index contributed by atoms with van der Waals surface area (Å²) in [5.41, 5.74) is 2.87. The number of carbonyl (C=O) groups is 1. The van der Waals surface area contributed by atoms with Crippen molar-refractivity contribution in [1.82, 2.24) is 14.7 Å². The lowest BCUT2D eigenvalue weighted by molar-refractivity contribution is 0.0671. The van der Waals surface area contributed by atoms with Crippen LogP contribution in [0, 0.1) is 5.92 Å². The standard InChI is InChI=1S/C20H29N3O2/c1-5-19-18(20(24)22(11-12-25-4)14-16(2)3)13-21-23(19)15-17-9-7-6-8-10-17/h6-10,13,16H,5,11-12,14-15H2,1-4H3. The van der Waals surface area contributed by atoms with Crippen molar-refractivity contribution in [3.8, 4) is 0 Å². The van der Waals surface area contributed by atoms with Crippen molar-refractivity contribution in [3.05, 3.63) is 53.3 Å². The maximum absolute atomic E-state index is 13.0. The Bertz CT molecular complexity index is 665. The predicted molar refractivity (Wildman–Crippen MR) is 99.8 cm³/mol. The van der Waals surface area contributed by atoms with E-state index in [1.54, 1.807) is 13.3 Å². The van der Waals surface area contributed by atoms with E-state index in [0.29, 0.717) is 31.2 Å². The van der Waals surface area contributed by atoms with E-state index >= 15 is 0 Å². The Morgan fingerprint density at radius 3 is 2.60 bits per heavy atom. The molecule has 1 aromatic heterocycles. The van der Waals surface area contributed by atoms with E-state index in [4.69, 9.17) is 4.74 Å². The minimum atomic E-state index is 0.0434. The van der Waals surface area contributed by atoms with Gasteiger partial charge in [0.25, 0.3) is 5.91 Å². The zero-order valence-electron chi connectivity index (χ0n) is 15.7. The van der Waals surface area contributed by atoms with Crippen LogP contribution in [0.15, 0.2) is 36.5 Å². The summed E-state index contributed by atoms with van der Waals surface area (Å²) in [7, 11) is 1.66. The molecular formula is C20H29N3O2. The number of amides is 1. The first-order valence-electron chi connectivity index (χ1n) is 8.93. The lowest BCUT2D eigenvalue weighted by Gasteiger charge is -2.24. The van der Waals surface area contributed by atoms with Gasteiger partial charge in [0.1, 0.15) is 0 Å². The molecule has 5 heteroatoms.